The van der Waals surface area contributed by atoms with Crippen LogP contribution in [0.25, 0.3) is 0 Å². The van der Waals surface area contributed by atoms with Crippen LogP contribution in [0.3, 0.4) is 0 Å². The number of nitrogens with zero attached hydrogens (tertiary/aromatic N) is 1. The molecule has 0 atom stereocenters. The molecule has 0 radical (unpaired) electrons. The Bertz CT molecular complexity index is 973. The second-order valence-electron chi connectivity index (χ2n) is 8.76. The van der Waals surface area contributed by atoms with E-state index in [1.54, 1.807) is 23.1 Å². The largest absolute Gasteiger partial charge is 0.337 e. The van der Waals surface area contributed by atoms with Crippen LogP contribution in [-0.2, 0) is 11.3 Å². The van der Waals surface area contributed by atoms with E-state index in [0.717, 1.165) is 25.0 Å². The minimum atomic E-state index is -0.835. The zero-order valence-electron chi connectivity index (χ0n) is 17.6. The molecule has 166 valence electrons. The summed E-state index contributed by atoms with van der Waals surface area (Å²) < 4.78 is 26.8. The molecule has 0 aromatic heterocycles. The van der Waals surface area contributed by atoms with Crippen molar-refractivity contribution in [3.63, 3.8) is 0 Å². The van der Waals surface area contributed by atoms with Crippen molar-refractivity contribution in [2.45, 2.75) is 33.2 Å². The maximum absolute atomic E-state index is 13.4. The number of rotatable bonds is 8. The number of carbonyl (C=O) groups excluding carboxylic acids is 2. The molecule has 0 aliphatic heterocycles. The van der Waals surface area contributed by atoms with Crippen LogP contribution in [0.2, 0.25) is 5.02 Å². The first-order valence-corrected chi connectivity index (χ1v) is 10.5. The molecule has 2 aromatic rings. The summed E-state index contributed by atoms with van der Waals surface area (Å²) in [6.45, 7) is 5.17. The summed E-state index contributed by atoms with van der Waals surface area (Å²) in [6, 6.07) is 7.49. The third-order valence-electron chi connectivity index (χ3n) is 5.20. The fraction of sp³-hybridized carbons (Fsp3) is 0.391. The van der Waals surface area contributed by atoms with Gasteiger partial charge in [0.1, 0.15) is 11.6 Å². The van der Waals surface area contributed by atoms with Gasteiger partial charge in [0.15, 0.2) is 0 Å². The average Bonchev–Trinajstić information content (AvgIpc) is 3.54. The van der Waals surface area contributed by atoms with Crippen LogP contribution < -0.4 is 11.1 Å². The molecule has 1 aliphatic rings. The molecule has 3 N–H and O–H groups in total. The molecule has 3 rings (SSSR count). The highest BCUT2D eigenvalue weighted by atomic mass is 35.5. The van der Waals surface area contributed by atoms with E-state index in [-0.39, 0.29) is 29.3 Å². The highest BCUT2D eigenvalue weighted by Gasteiger charge is 2.35. The maximum atomic E-state index is 13.4. The summed E-state index contributed by atoms with van der Waals surface area (Å²) in [4.78, 5) is 27.0. The summed E-state index contributed by atoms with van der Waals surface area (Å²) in [6.07, 6.45) is 1.76. The van der Waals surface area contributed by atoms with E-state index in [4.69, 9.17) is 17.3 Å². The van der Waals surface area contributed by atoms with Gasteiger partial charge in [-0.3, -0.25) is 9.59 Å². The van der Waals surface area contributed by atoms with E-state index in [9.17, 15) is 18.4 Å². The lowest BCUT2D eigenvalue weighted by Gasteiger charge is -2.32. The Morgan fingerprint density at radius 3 is 2.39 bits per heavy atom. The van der Waals surface area contributed by atoms with Crippen molar-refractivity contribution in [1.29, 1.82) is 0 Å². The Balaban J connectivity index is 1.80. The first kappa shape index (κ1) is 23.2. The van der Waals surface area contributed by atoms with E-state index in [2.05, 4.69) is 5.32 Å². The van der Waals surface area contributed by atoms with Crippen molar-refractivity contribution in [2.24, 2.45) is 17.1 Å². The van der Waals surface area contributed by atoms with Gasteiger partial charge in [0.05, 0.1) is 0 Å². The first-order valence-electron chi connectivity index (χ1n) is 10.1. The molecule has 1 saturated carbocycles. The van der Waals surface area contributed by atoms with E-state index in [1.807, 2.05) is 13.8 Å². The molecule has 0 heterocycles. The zero-order valence-corrected chi connectivity index (χ0v) is 18.3. The molecule has 1 fully saturated rings. The number of carbonyl (C=O) groups is 2. The number of halogens is 3. The summed E-state index contributed by atoms with van der Waals surface area (Å²) in [5.74, 6) is -2.21. The average molecular weight is 450 g/mol. The fourth-order valence-corrected chi connectivity index (χ4v) is 3.43. The molecule has 0 spiro atoms. The quantitative estimate of drug-likeness (QED) is 0.618. The van der Waals surface area contributed by atoms with Gasteiger partial charge in [0, 0.05) is 41.3 Å². The fourth-order valence-electron chi connectivity index (χ4n) is 3.25. The highest BCUT2D eigenvalue weighted by Crippen LogP contribution is 2.33. The third kappa shape index (κ3) is 6.24. The van der Waals surface area contributed by atoms with Gasteiger partial charge >= 0.3 is 0 Å². The van der Waals surface area contributed by atoms with E-state index >= 15 is 0 Å². The minimum absolute atomic E-state index is 0.0399. The highest BCUT2D eigenvalue weighted by molar-refractivity contribution is 6.31. The van der Waals surface area contributed by atoms with E-state index in [1.165, 1.54) is 0 Å². The Morgan fingerprint density at radius 1 is 1.16 bits per heavy atom. The van der Waals surface area contributed by atoms with Gasteiger partial charge in [-0.1, -0.05) is 25.4 Å². The van der Waals surface area contributed by atoms with Crippen LogP contribution in [0.15, 0.2) is 36.4 Å². The van der Waals surface area contributed by atoms with Crippen LogP contribution in [-0.4, -0.2) is 29.8 Å². The molecular formula is C23H26ClF2N3O2. The monoisotopic (exact) mass is 449 g/mol. The summed E-state index contributed by atoms with van der Waals surface area (Å²) in [5, 5.41) is 3.08. The smallest absolute Gasteiger partial charge is 0.255 e. The summed E-state index contributed by atoms with van der Waals surface area (Å²) in [7, 11) is 0. The molecular weight excluding hydrogens is 424 g/mol. The number of nitrogens with one attached hydrogen (secondary N) is 1. The van der Waals surface area contributed by atoms with Crippen molar-refractivity contribution < 1.29 is 18.4 Å². The molecule has 0 unspecified atom stereocenters. The molecule has 31 heavy (non-hydrogen) atoms. The predicted octanol–water partition coefficient (Wildman–Crippen LogP) is 4.59. The number of anilines is 1. The Kier molecular flexibility index (Phi) is 6.96. The Morgan fingerprint density at radius 2 is 1.81 bits per heavy atom. The lowest BCUT2D eigenvalue weighted by molar-refractivity contribution is -0.134. The van der Waals surface area contributed by atoms with E-state index < -0.39 is 17.5 Å². The number of amides is 2. The molecule has 0 saturated heterocycles. The lowest BCUT2D eigenvalue weighted by atomic mass is 9.92. The van der Waals surface area contributed by atoms with Crippen LogP contribution in [0.1, 0.15) is 42.6 Å². The van der Waals surface area contributed by atoms with Gasteiger partial charge in [-0.15, -0.1) is 0 Å². The number of nitrogens with two attached hydrogens (primary N) is 1. The maximum Gasteiger partial charge on any atom is 0.255 e. The van der Waals surface area contributed by atoms with Crippen molar-refractivity contribution in [1.82, 2.24) is 4.90 Å². The summed E-state index contributed by atoms with van der Waals surface area (Å²) in [5.41, 5.74) is 6.53. The van der Waals surface area contributed by atoms with Crippen molar-refractivity contribution in [3.8, 4) is 0 Å². The summed E-state index contributed by atoms with van der Waals surface area (Å²) >= 11 is 6.37. The normalized spacial score (nSPS) is 13.7. The Hall–Kier alpha value is -2.51. The van der Waals surface area contributed by atoms with Gasteiger partial charge in [0.2, 0.25) is 5.91 Å². The second-order valence-corrected chi connectivity index (χ2v) is 9.16. The van der Waals surface area contributed by atoms with Crippen molar-refractivity contribution >= 4 is 29.1 Å². The van der Waals surface area contributed by atoms with E-state index in [0.29, 0.717) is 35.4 Å². The predicted molar refractivity (Wildman–Crippen MR) is 117 cm³/mol. The number of hydrogen-bond donors (Lipinski definition) is 2. The number of hydrogen-bond acceptors (Lipinski definition) is 3. The molecule has 8 heteroatoms. The zero-order chi connectivity index (χ0) is 22.8. The SMILES string of the molecule is CC(C)(CN)CN(Cc1cc(NC(=O)c2cc(F)cc(F)c2)ccc1Cl)C(=O)C1CC1. The van der Waals surface area contributed by atoms with Gasteiger partial charge < -0.3 is 16.0 Å². The van der Waals surface area contributed by atoms with Gasteiger partial charge in [-0.2, -0.15) is 0 Å². The number of benzene rings is 2. The van der Waals surface area contributed by atoms with Crippen molar-refractivity contribution in [2.75, 3.05) is 18.4 Å². The van der Waals surface area contributed by atoms with Crippen LogP contribution in [0.4, 0.5) is 14.5 Å². The van der Waals surface area contributed by atoms with Gasteiger partial charge in [-0.05, 0) is 60.7 Å². The molecule has 2 amide bonds. The lowest BCUT2D eigenvalue weighted by Crippen LogP contribution is -2.42. The molecule has 1 aliphatic carbocycles. The Labute approximate surface area is 185 Å². The third-order valence-corrected chi connectivity index (χ3v) is 5.57. The molecule has 5 nitrogen and oxygen atoms in total. The van der Waals surface area contributed by atoms with Gasteiger partial charge in [0.25, 0.3) is 5.91 Å². The molecule has 2 aromatic carbocycles. The van der Waals surface area contributed by atoms with Crippen LogP contribution >= 0.6 is 11.6 Å². The standard InChI is InChI=1S/C23H26ClF2N3O2/c1-23(2,12-27)13-29(22(31)14-3-4-14)11-16-9-19(5-6-20(16)24)28-21(30)15-7-17(25)10-18(26)8-15/h5-10,14H,3-4,11-13,27H2,1-2H3,(H,28,30). The van der Waals surface area contributed by atoms with Crippen molar-refractivity contribution in [3.05, 3.63) is 64.2 Å². The second kappa shape index (κ2) is 9.32. The molecule has 0 bridgehead atoms. The van der Waals surface area contributed by atoms with Crippen LogP contribution in [0, 0.1) is 23.0 Å². The first-order chi connectivity index (χ1) is 14.6. The minimum Gasteiger partial charge on any atom is -0.337 e. The van der Waals surface area contributed by atoms with Gasteiger partial charge in [-0.25, -0.2) is 8.78 Å². The van der Waals surface area contributed by atoms with Crippen LogP contribution in [0.5, 0.6) is 0 Å². The topological polar surface area (TPSA) is 75.4 Å².